The Labute approximate surface area is 94.2 Å². The molecule has 0 aromatic carbocycles. The van der Waals surface area contributed by atoms with Crippen molar-refractivity contribution in [1.82, 2.24) is 0 Å². The van der Waals surface area contributed by atoms with Gasteiger partial charge in [-0.1, -0.05) is 13.8 Å². The smallest absolute Gasteiger partial charge is 0.309 e. The van der Waals surface area contributed by atoms with Gasteiger partial charge < -0.3 is 9.15 Å². The molecule has 0 bridgehead atoms. The van der Waals surface area contributed by atoms with E-state index in [1.807, 2.05) is 26.8 Å². The van der Waals surface area contributed by atoms with Gasteiger partial charge in [0.15, 0.2) is 0 Å². The maximum Gasteiger partial charge on any atom is 0.309 e. The molecule has 0 aliphatic rings. The Morgan fingerprint density at radius 3 is 2.67 bits per heavy atom. The van der Waals surface area contributed by atoms with E-state index in [9.17, 15) is 4.79 Å². The highest BCUT2D eigenvalue weighted by molar-refractivity contribution is 8.00. The van der Waals surface area contributed by atoms with Crippen LogP contribution in [-0.4, -0.2) is 18.3 Å². The van der Waals surface area contributed by atoms with Crippen LogP contribution in [-0.2, 0) is 9.53 Å². The molecule has 0 aliphatic heterocycles. The first-order valence-electron chi connectivity index (χ1n) is 4.84. The molecule has 84 valence electrons. The maximum absolute atomic E-state index is 11.3. The fourth-order valence-corrected chi connectivity index (χ4v) is 2.24. The van der Waals surface area contributed by atoms with Crippen molar-refractivity contribution in [2.75, 3.05) is 7.11 Å². The standard InChI is InChI=1S/C11H16O3S/c1-7(11(12)13-4)9(3)15-10-5-6-14-8(10)2/h5-7,9H,1-4H3. The zero-order chi connectivity index (χ0) is 11.4. The van der Waals surface area contributed by atoms with Gasteiger partial charge in [0.05, 0.1) is 19.3 Å². The molecule has 1 heterocycles. The van der Waals surface area contributed by atoms with E-state index in [4.69, 9.17) is 9.15 Å². The minimum atomic E-state index is -0.170. The second-order valence-electron chi connectivity index (χ2n) is 3.48. The lowest BCUT2D eigenvalue weighted by Crippen LogP contribution is -2.21. The summed E-state index contributed by atoms with van der Waals surface area (Å²) in [6.45, 7) is 5.80. The number of aryl methyl sites for hydroxylation is 1. The van der Waals surface area contributed by atoms with Crippen LogP contribution in [0.2, 0.25) is 0 Å². The topological polar surface area (TPSA) is 39.4 Å². The molecule has 0 saturated heterocycles. The lowest BCUT2D eigenvalue weighted by molar-refractivity contribution is -0.144. The summed E-state index contributed by atoms with van der Waals surface area (Å²) in [5.74, 6) is 0.606. The first kappa shape index (κ1) is 12.2. The van der Waals surface area contributed by atoms with Crippen molar-refractivity contribution in [3.8, 4) is 0 Å². The zero-order valence-electron chi connectivity index (χ0n) is 9.44. The van der Waals surface area contributed by atoms with Crippen LogP contribution in [0.15, 0.2) is 21.6 Å². The summed E-state index contributed by atoms with van der Waals surface area (Å²) >= 11 is 1.63. The van der Waals surface area contributed by atoms with Crippen molar-refractivity contribution in [3.05, 3.63) is 18.1 Å². The molecule has 0 fully saturated rings. The van der Waals surface area contributed by atoms with Crippen LogP contribution in [0.25, 0.3) is 0 Å². The summed E-state index contributed by atoms with van der Waals surface area (Å²) < 4.78 is 9.90. The van der Waals surface area contributed by atoms with Gasteiger partial charge in [0.25, 0.3) is 0 Å². The second-order valence-corrected chi connectivity index (χ2v) is 4.89. The molecule has 4 heteroatoms. The SMILES string of the molecule is COC(=O)C(C)C(C)Sc1ccoc1C. The summed E-state index contributed by atoms with van der Waals surface area (Å²) in [4.78, 5) is 12.4. The number of furan rings is 1. The molecule has 0 saturated carbocycles. The molecule has 1 aromatic rings. The predicted octanol–water partition coefficient (Wildman–Crippen LogP) is 2.88. The highest BCUT2D eigenvalue weighted by atomic mass is 32.2. The van der Waals surface area contributed by atoms with Crippen molar-refractivity contribution in [3.63, 3.8) is 0 Å². The normalized spacial score (nSPS) is 14.7. The second kappa shape index (κ2) is 5.26. The predicted molar refractivity (Wildman–Crippen MR) is 59.9 cm³/mol. The molecule has 3 nitrogen and oxygen atoms in total. The van der Waals surface area contributed by atoms with Crippen LogP contribution < -0.4 is 0 Å². The molecule has 0 N–H and O–H groups in total. The molecular formula is C11H16O3S. The molecule has 2 atom stereocenters. The molecule has 0 amide bonds. The van der Waals surface area contributed by atoms with E-state index >= 15 is 0 Å². The summed E-state index contributed by atoms with van der Waals surface area (Å²) in [6, 6.07) is 1.92. The van der Waals surface area contributed by atoms with Crippen molar-refractivity contribution in [2.24, 2.45) is 5.92 Å². The molecule has 2 unspecified atom stereocenters. The zero-order valence-corrected chi connectivity index (χ0v) is 10.3. The number of hydrogen-bond donors (Lipinski definition) is 0. The average molecular weight is 228 g/mol. The number of carbonyl (C=O) groups excluding carboxylic acids is 1. The molecule has 15 heavy (non-hydrogen) atoms. The van der Waals surface area contributed by atoms with Crippen LogP contribution >= 0.6 is 11.8 Å². The number of hydrogen-bond acceptors (Lipinski definition) is 4. The first-order chi connectivity index (χ1) is 7.06. The number of esters is 1. The van der Waals surface area contributed by atoms with Gasteiger partial charge in [-0.25, -0.2) is 0 Å². The quantitative estimate of drug-likeness (QED) is 0.587. The molecule has 1 rings (SSSR count). The lowest BCUT2D eigenvalue weighted by Gasteiger charge is -2.16. The van der Waals surface area contributed by atoms with Gasteiger partial charge in [0.1, 0.15) is 5.76 Å². The lowest BCUT2D eigenvalue weighted by atomic mass is 10.1. The number of ether oxygens (including phenoxy) is 1. The van der Waals surface area contributed by atoms with E-state index in [2.05, 4.69) is 0 Å². The Kier molecular flexibility index (Phi) is 4.27. The van der Waals surface area contributed by atoms with Crippen LogP contribution in [0.4, 0.5) is 0 Å². The minimum absolute atomic E-state index is 0.116. The molecule has 1 aromatic heterocycles. The molecular weight excluding hydrogens is 212 g/mol. The third-order valence-electron chi connectivity index (χ3n) is 2.40. The Balaban J connectivity index is 2.59. The summed E-state index contributed by atoms with van der Waals surface area (Å²) in [5.41, 5.74) is 0. The Bertz CT molecular complexity index is 332. The molecule has 0 spiro atoms. The van der Waals surface area contributed by atoms with Crippen molar-refractivity contribution in [2.45, 2.75) is 30.9 Å². The molecule has 0 aliphatic carbocycles. The maximum atomic E-state index is 11.3. The van der Waals surface area contributed by atoms with Gasteiger partial charge >= 0.3 is 5.97 Å². The van der Waals surface area contributed by atoms with Gasteiger partial charge in [-0.15, -0.1) is 11.8 Å². The van der Waals surface area contributed by atoms with Crippen molar-refractivity contribution >= 4 is 17.7 Å². The van der Waals surface area contributed by atoms with Crippen molar-refractivity contribution in [1.29, 1.82) is 0 Å². The summed E-state index contributed by atoms with van der Waals surface area (Å²) in [6.07, 6.45) is 1.66. The number of methoxy groups -OCH3 is 1. The van der Waals surface area contributed by atoms with E-state index in [1.165, 1.54) is 7.11 Å². The van der Waals surface area contributed by atoms with Crippen LogP contribution in [0.1, 0.15) is 19.6 Å². The third-order valence-corrected chi connectivity index (χ3v) is 3.86. The van der Waals surface area contributed by atoms with Crippen molar-refractivity contribution < 1.29 is 13.9 Å². The summed E-state index contributed by atoms with van der Waals surface area (Å²) in [5, 5.41) is 0.175. The number of carbonyl (C=O) groups is 1. The number of rotatable bonds is 4. The van der Waals surface area contributed by atoms with E-state index in [-0.39, 0.29) is 17.1 Å². The fourth-order valence-electron chi connectivity index (χ4n) is 1.18. The van der Waals surface area contributed by atoms with Gasteiger partial charge in [-0.2, -0.15) is 0 Å². The van der Waals surface area contributed by atoms with E-state index in [0.29, 0.717) is 0 Å². The molecule has 0 radical (unpaired) electrons. The van der Waals surface area contributed by atoms with E-state index in [0.717, 1.165) is 10.7 Å². The van der Waals surface area contributed by atoms with E-state index in [1.54, 1.807) is 18.0 Å². The van der Waals surface area contributed by atoms with Gasteiger partial charge in [0.2, 0.25) is 0 Å². The first-order valence-corrected chi connectivity index (χ1v) is 5.72. The Morgan fingerprint density at radius 1 is 1.53 bits per heavy atom. The van der Waals surface area contributed by atoms with Crippen LogP contribution in [0.5, 0.6) is 0 Å². The largest absolute Gasteiger partial charge is 0.469 e. The van der Waals surface area contributed by atoms with Gasteiger partial charge in [0, 0.05) is 10.1 Å². The number of thioether (sulfide) groups is 1. The average Bonchev–Trinajstić information content (AvgIpc) is 2.62. The summed E-state index contributed by atoms with van der Waals surface area (Å²) in [7, 11) is 1.42. The van der Waals surface area contributed by atoms with Crippen LogP contribution in [0, 0.1) is 12.8 Å². The Hall–Kier alpha value is -0.900. The Morgan fingerprint density at radius 2 is 2.20 bits per heavy atom. The van der Waals surface area contributed by atoms with Gasteiger partial charge in [-0.3, -0.25) is 4.79 Å². The monoisotopic (exact) mass is 228 g/mol. The van der Waals surface area contributed by atoms with Crippen LogP contribution in [0.3, 0.4) is 0 Å². The van der Waals surface area contributed by atoms with Gasteiger partial charge in [-0.05, 0) is 13.0 Å². The third kappa shape index (κ3) is 3.02. The highest BCUT2D eigenvalue weighted by Gasteiger charge is 2.22. The minimum Gasteiger partial charge on any atom is -0.469 e. The fraction of sp³-hybridized carbons (Fsp3) is 0.545. The highest BCUT2D eigenvalue weighted by Crippen LogP contribution is 2.31. The van der Waals surface area contributed by atoms with E-state index < -0.39 is 0 Å².